The van der Waals surface area contributed by atoms with Crippen molar-refractivity contribution in [2.24, 2.45) is 0 Å². The molecule has 1 atom stereocenters. The summed E-state index contributed by atoms with van der Waals surface area (Å²) in [7, 11) is 0. The van der Waals surface area contributed by atoms with Crippen molar-refractivity contribution in [3.8, 4) is 6.07 Å². The molecular formula is C24H26N4O. The van der Waals surface area contributed by atoms with E-state index >= 15 is 0 Å². The van der Waals surface area contributed by atoms with Crippen LogP contribution < -0.4 is 10.2 Å². The summed E-state index contributed by atoms with van der Waals surface area (Å²) in [6.45, 7) is 6.02. The van der Waals surface area contributed by atoms with Gasteiger partial charge in [0.1, 0.15) is 0 Å². The molecule has 0 bridgehead atoms. The molecule has 2 heterocycles. The second kappa shape index (κ2) is 8.10. The largest absolute Gasteiger partial charge is 0.394 e. The number of aliphatic hydroxyl groups is 1. The highest BCUT2D eigenvalue weighted by Crippen LogP contribution is 2.34. The molecule has 29 heavy (non-hydrogen) atoms. The minimum atomic E-state index is 0.189. The maximum absolute atomic E-state index is 9.77. The second-order valence-corrected chi connectivity index (χ2v) is 7.79. The molecule has 4 rings (SSSR count). The Kier molecular flexibility index (Phi) is 5.37. The smallest absolute Gasteiger partial charge is 0.0991 e. The Bertz CT molecular complexity index is 1070. The van der Waals surface area contributed by atoms with Gasteiger partial charge in [0, 0.05) is 35.5 Å². The molecular weight excluding hydrogens is 360 g/mol. The minimum absolute atomic E-state index is 0.189. The number of nitriles is 1. The molecule has 0 spiro atoms. The van der Waals surface area contributed by atoms with E-state index in [4.69, 9.17) is 10.2 Å². The zero-order chi connectivity index (χ0) is 20.4. The van der Waals surface area contributed by atoms with Gasteiger partial charge >= 0.3 is 0 Å². The fraction of sp³-hybridized carbons (Fsp3) is 0.333. The molecule has 1 saturated heterocycles. The van der Waals surface area contributed by atoms with Crippen LogP contribution in [0.2, 0.25) is 0 Å². The topological polar surface area (TPSA) is 72.2 Å². The Morgan fingerprint density at radius 2 is 2.00 bits per heavy atom. The molecule has 5 heteroatoms. The summed E-state index contributed by atoms with van der Waals surface area (Å²) in [4.78, 5) is 7.12. The molecule has 2 aromatic carbocycles. The molecule has 1 aromatic heterocycles. The Hall–Kier alpha value is -3.10. The number of benzene rings is 2. The third-order valence-electron chi connectivity index (χ3n) is 5.77. The Labute approximate surface area is 171 Å². The molecule has 1 fully saturated rings. The number of rotatable bonds is 5. The van der Waals surface area contributed by atoms with Crippen LogP contribution >= 0.6 is 0 Å². The van der Waals surface area contributed by atoms with Crippen molar-refractivity contribution in [3.63, 3.8) is 0 Å². The van der Waals surface area contributed by atoms with Crippen molar-refractivity contribution < 1.29 is 5.11 Å². The number of hydrogen-bond donors (Lipinski definition) is 2. The number of pyridine rings is 1. The van der Waals surface area contributed by atoms with Gasteiger partial charge in [-0.3, -0.25) is 4.98 Å². The number of hydrogen-bond acceptors (Lipinski definition) is 5. The molecule has 3 aromatic rings. The van der Waals surface area contributed by atoms with E-state index in [1.807, 2.05) is 31.2 Å². The lowest BCUT2D eigenvalue weighted by atomic mass is 10.0. The predicted octanol–water partition coefficient (Wildman–Crippen LogP) is 4.30. The van der Waals surface area contributed by atoms with E-state index in [0.717, 1.165) is 41.7 Å². The maximum Gasteiger partial charge on any atom is 0.0991 e. The van der Waals surface area contributed by atoms with Gasteiger partial charge in [0.2, 0.25) is 0 Å². The number of nitrogens with zero attached hydrogens (tertiary/aromatic N) is 3. The Balaban J connectivity index is 1.65. The van der Waals surface area contributed by atoms with Crippen molar-refractivity contribution in [2.45, 2.75) is 39.3 Å². The Morgan fingerprint density at radius 3 is 2.72 bits per heavy atom. The van der Waals surface area contributed by atoms with Crippen molar-refractivity contribution in [1.82, 2.24) is 4.98 Å². The summed E-state index contributed by atoms with van der Waals surface area (Å²) >= 11 is 0. The van der Waals surface area contributed by atoms with Crippen molar-refractivity contribution in [2.75, 3.05) is 23.4 Å². The Morgan fingerprint density at radius 1 is 1.21 bits per heavy atom. The molecule has 0 amide bonds. The van der Waals surface area contributed by atoms with Gasteiger partial charge in [0.05, 0.1) is 29.8 Å². The fourth-order valence-electron chi connectivity index (χ4n) is 4.17. The summed E-state index contributed by atoms with van der Waals surface area (Å²) in [5.41, 5.74) is 7.23. The van der Waals surface area contributed by atoms with Crippen LogP contribution in [0, 0.1) is 25.2 Å². The highest BCUT2D eigenvalue weighted by atomic mass is 16.3. The number of nitrogens with one attached hydrogen (secondary N) is 1. The van der Waals surface area contributed by atoms with Gasteiger partial charge in [0.15, 0.2) is 0 Å². The highest BCUT2D eigenvalue weighted by molar-refractivity contribution is 5.93. The average molecular weight is 386 g/mol. The van der Waals surface area contributed by atoms with Crippen LogP contribution in [-0.4, -0.2) is 29.3 Å². The molecule has 0 saturated carbocycles. The number of aliphatic hydroxyl groups excluding tert-OH is 1. The third-order valence-corrected chi connectivity index (χ3v) is 5.77. The lowest BCUT2D eigenvalue weighted by molar-refractivity contribution is 0.266. The van der Waals surface area contributed by atoms with Crippen LogP contribution in [0.1, 0.15) is 35.2 Å². The van der Waals surface area contributed by atoms with Crippen LogP contribution in [-0.2, 0) is 6.54 Å². The molecule has 0 aliphatic carbocycles. The minimum Gasteiger partial charge on any atom is -0.394 e. The predicted molar refractivity (Wildman–Crippen MR) is 117 cm³/mol. The molecule has 148 valence electrons. The normalized spacial score (nSPS) is 16.2. The zero-order valence-corrected chi connectivity index (χ0v) is 16.9. The standard InChI is InChI=1S/C24H26N4O/c1-16-10-22-23(12-19(16)14-26-20-7-5-18(13-25)6-8-20)27-17(2)11-24(22)28-9-3-4-21(28)15-29/h5-8,10-12,21,26,29H,3-4,9,14-15H2,1-2H3/t21-/m0/s1. The summed E-state index contributed by atoms with van der Waals surface area (Å²) < 4.78 is 0. The summed E-state index contributed by atoms with van der Waals surface area (Å²) in [6, 6.07) is 16.4. The van der Waals surface area contributed by atoms with E-state index in [1.165, 1.54) is 16.8 Å². The van der Waals surface area contributed by atoms with E-state index < -0.39 is 0 Å². The molecule has 1 aliphatic rings. The van der Waals surface area contributed by atoms with Gasteiger partial charge in [0.25, 0.3) is 0 Å². The monoisotopic (exact) mass is 386 g/mol. The maximum atomic E-state index is 9.77. The van der Waals surface area contributed by atoms with Crippen LogP contribution in [0.4, 0.5) is 11.4 Å². The number of anilines is 2. The first-order valence-corrected chi connectivity index (χ1v) is 10.1. The SMILES string of the molecule is Cc1cc(N2CCC[C@H]2CO)c2cc(C)c(CNc3ccc(C#N)cc3)cc2n1. The number of fused-ring (bicyclic) bond motifs is 1. The lowest BCUT2D eigenvalue weighted by Gasteiger charge is -2.27. The van der Waals surface area contributed by atoms with E-state index in [-0.39, 0.29) is 12.6 Å². The first-order valence-electron chi connectivity index (χ1n) is 10.1. The summed E-state index contributed by atoms with van der Waals surface area (Å²) in [5.74, 6) is 0. The van der Waals surface area contributed by atoms with Gasteiger partial charge in [-0.1, -0.05) is 0 Å². The third kappa shape index (κ3) is 3.90. The average Bonchev–Trinajstić information content (AvgIpc) is 3.21. The molecule has 1 aliphatic heterocycles. The molecule has 2 N–H and O–H groups in total. The summed E-state index contributed by atoms with van der Waals surface area (Å²) in [5, 5.41) is 23.3. The second-order valence-electron chi connectivity index (χ2n) is 7.79. The van der Waals surface area contributed by atoms with Crippen LogP contribution in [0.15, 0.2) is 42.5 Å². The molecule has 0 unspecified atom stereocenters. The van der Waals surface area contributed by atoms with E-state index in [2.05, 4.69) is 41.4 Å². The van der Waals surface area contributed by atoms with Crippen molar-refractivity contribution in [1.29, 1.82) is 5.26 Å². The quantitative estimate of drug-likeness (QED) is 0.684. The first-order chi connectivity index (χ1) is 14.1. The van der Waals surface area contributed by atoms with Crippen molar-refractivity contribution >= 4 is 22.3 Å². The van der Waals surface area contributed by atoms with E-state index in [1.54, 1.807) is 0 Å². The van der Waals surface area contributed by atoms with E-state index in [0.29, 0.717) is 12.1 Å². The van der Waals surface area contributed by atoms with Crippen LogP contribution in [0.5, 0.6) is 0 Å². The fourth-order valence-corrected chi connectivity index (χ4v) is 4.17. The van der Waals surface area contributed by atoms with Crippen LogP contribution in [0.3, 0.4) is 0 Å². The van der Waals surface area contributed by atoms with Crippen molar-refractivity contribution in [3.05, 3.63) is 64.8 Å². The van der Waals surface area contributed by atoms with Crippen LogP contribution in [0.25, 0.3) is 10.9 Å². The van der Waals surface area contributed by atoms with Gasteiger partial charge < -0.3 is 15.3 Å². The molecule has 5 nitrogen and oxygen atoms in total. The summed E-state index contributed by atoms with van der Waals surface area (Å²) in [6.07, 6.45) is 2.14. The first kappa shape index (κ1) is 19.2. The zero-order valence-electron chi connectivity index (χ0n) is 16.9. The van der Waals surface area contributed by atoms with Gasteiger partial charge in [-0.2, -0.15) is 5.26 Å². The van der Waals surface area contributed by atoms with Gasteiger partial charge in [-0.25, -0.2) is 0 Å². The van der Waals surface area contributed by atoms with E-state index in [9.17, 15) is 5.11 Å². The lowest BCUT2D eigenvalue weighted by Crippen LogP contribution is -2.32. The molecule has 0 radical (unpaired) electrons. The number of aromatic nitrogens is 1. The number of aryl methyl sites for hydroxylation is 2. The van der Waals surface area contributed by atoms with Gasteiger partial charge in [-0.15, -0.1) is 0 Å². The highest BCUT2D eigenvalue weighted by Gasteiger charge is 2.26. The van der Waals surface area contributed by atoms with Gasteiger partial charge in [-0.05, 0) is 80.3 Å².